The number of nitrogens with zero attached hydrogens (tertiary/aromatic N) is 2. The first-order valence-corrected chi connectivity index (χ1v) is 7.69. The number of piperazine rings is 1. The molecular weight excluding hydrogens is 269 g/mol. The molecule has 1 aromatic rings. The van der Waals surface area contributed by atoms with Crippen LogP contribution in [0.1, 0.15) is 6.92 Å². The van der Waals surface area contributed by atoms with E-state index in [9.17, 15) is 4.39 Å². The number of hydrogen-bond acceptors (Lipinski definition) is 4. The van der Waals surface area contributed by atoms with Crippen LogP contribution in [0.4, 0.5) is 10.1 Å². The summed E-state index contributed by atoms with van der Waals surface area (Å²) < 4.78 is 19.2. The zero-order chi connectivity index (χ0) is 15.1. The SMILES string of the molecule is CCNCC(COC)N1CCN(c2ccccc2F)CC1. The quantitative estimate of drug-likeness (QED) is 0.826. The van der Waals surface area contributed by atoms with Crippen molar-refractivity contribution in [1.29, 1.82) is 0 Å². The molecule has 0 radical (unpaired) electrons. The molecule has 0 saturated carbocycles. The monoisotopic (exact) mass is 295 g/mol. The first-order valence-electron chi connectivity index (χ1n) is 7.69. The molecule has 0 spiro atoms. The number of likely N-dealkylation sites (N-methyl/N-ethyl adjacent to an activating group) is 1. The van der Waals surface area contributed by atoms with Crippen LogP contribution in [0.25, 0.3) is 0 Å². The topological polar surface area (TPSA) is 27.7 Å². The van der Waals surface area contributed by atoms with Crippen molar-refractivity contribution in [3.8, 4) is 0 Å². The van der Waals surface area contributed by atoms with Gasteiger partial charge >= 0.3 is 0 Å². The van der Waals surface area contributed by atoms with Crippen LogP contribution in [0.15, 0.2) is 24.3 Å². The minimum Gasteiger partial charge on any atom is -0.383 e. The van der Waals surface area contributed by atoms with Crippen LogP contribution in [0.5, 0.6) is 0 Å². The second kappa shape index (κ2) is 8.32. The highest BCUT2D eigenvalue weighted by molar-refractivity contribution is 5.48. The minimum absolute atomic E-state index is 0.132. The van der Waals surface area contributed by atoms with E-state index in [1.165, 1.54) is 6.07 Å². The Labute approximate surface area is 126 Å². The molecular formula is C16H26FN3O. The Balaban J connectivity index is 1.91. The zero-order valence-electron chi connectivity index (χ0n) is 13.0. The third-order valence-electron chi connectivity index (χ3n) is 4.01. The summed E-state index contributed by atoms with van der Waals surface area (Å²) in [4.78, 5) is 4.56. The number of methoxy groups -OCH3 is 1. The lowest BCUT2D eigenvalue weighted by molar-refractivity contribution is 0.0854. The highest BCUT2D eigenvalue weighted by Crippen LogP contribution is 2.20. The maximum atomic E-state index is 13.8. The molecule has 0 aliphatic carbocycles. The third kappa shape index (κ3) is 4.40. The van der Waals surface area contributed by atoms with Crippen LogP contribution >= 0.6 is 0 Å². The molecule has 1 N–H and O–H groups in total. The van der Waals surface area contributed by atoms with E-state index >= 15 is 0 Å². The van der Waals surface area contributed by atoms with Gasteiger partial charge in [-0.15, -0.1) is 0 Å². The molecule has 1 unspecified atom stereocenters. The Morgan fingerprint density at radius 1 is 1.24 bits per heavy atom. The van der Waals surface area contributed by atoms with Gasteiger partial charge in [0.2, 0.25) is 0 Å². The van der Waals surface area contributed by atoms with Crippen LogP contribution in [-0.2, 0) is 4.74 Å². The van der Waals surface area contributed by atoms with Gasteiger partial charge in [-0.3, -0.25) is 4.90 Å². The average Bonchev–Trinajstić information content (AvgIpc) is 2.52. The molecule has 0 amide bonds. The molecule has 4 nitrogen and oxygen atoms in total. The van der Waals surface area contributed by atoms with E-state index in [0.29, 0.717) is 11.7 Å². The second-order valence-electron chi connectivity index (χ2n) is 5.39. The van der Waals surface area contributed by atoms with E-state index in [1.54, 1.807) is 13.2 Å². The van der Waals surface area contributed by atoms with Crippen LogP contribution in [0.2, 0.25) is 0 Å². The van der Waals surface area contributed by atoms with Crippen molar-refractivity contribution >= 4 is 5.69 Å². The lowest BCUT2D eigenvalue weighted by Gasteiger charge is -2.40. The van der Waals surface area contributed by atoms with Gasteiger partial charge in [0.05, 0.1) is 12.3 Å². The van der Waals surface area contributed by atoms with Gasteiger partial charge in [-0.05, 0) is 18.7 Å². The number of hydrogen-bond donors (Lipinski definition) is 1. The molecule has 2 rings (SSSR count). The zero-order valence-corrected chi connectivity index (χ0v) is 13.0. The highest BCUT2D eigenvalue weighted by Gasteiger charge is 2.24. The van der Waals surface area contributed by atoms with Gasteiger partial charge in [0.1, 0.15) is 5.82 Å². The highest BCUT2D eigenvalue weighted by atomic mass is 19.1. The molecule has 1 saturated heterocycles. The number of nitrogens with one attached hydrogen (secondary N) is 1. The van der Waals surface area contributed by atoms with Crippen molar-refractivity contribution in [2.24, 2.45) is 0 Å². The molecule has 21 heavy (non-hydrogen) atoms. The van der Waals surface area contributed by atoms with Gasteiger partial charge in [0, 0.05) is 45.9 Å². The molecule has 118 valence electrons. The van der Waals surface area contributed by atoms with Gasteiger partial charge in [-0.1, -0.05) is 19.1 Å². The summed E-state index contributed by atoms with van der Waals surface area (Å²) in [7, 11) is 1.74. The van der Waals surface area contributed by atoms with Crippen LogP contribution < -0.4 is 10.2 Å². The smallest absolute Gasteiger partial charge is 0.146 e. The summed E-state index contributed by atoms with van der Waals surface area (Å²) in [5.74, 6) is -0.132. The molecule has 5 heteroatoms. The molecule has 1 aliphatic heterocycles. The van der Waals surface area contributed by atoms with E-state index < -0.39 is 0 Å². The number of ether oxygens (including phenoxy) is 1. The second-order valence-corrected chi connectivity index (χ2v) is 5.39. The van der Waals surface area contributed by atoms with E-state index in [0.717, 1.165) is 45.9 Å². The first-order chi connectivity index (χ1) is 10.3. The molecule has 1 heterocycles. The number of rotatable bonds is 7. The van der Waals surface area contributed by atoms with Gasteiger partial charge in [-0.25, -0.2) is 4.39 Å². The van der Waals surface area contributed by atoms with Crippen molar-refractivity contribution in [2.45, 2.75) is 13.0 Å². The van der Waals surface area contributed by atoms with Gasteiger partial charge in [0.15, 0.2) is 0 Å². The Bertz CT molecular complexity index is 422. The summed E-state index contributed by atoms with van der Waals surface area (Å²) >= 11 is 0. The van der Waals surface area contributed by atoms with E-state index in [-0.39, 0.29) is 5.82 Å². The lowest BCUT2D eigenvalue weighted by atomic mass is 10.2. The summed E-state index contributed by atoms with van der Waals surface area (Å²) in [5.41, 5.74) is 0.715. The molecule has 1 aromatic carbocycles. The number of benzene rings is 1. The standard InChI is InChI=1S/C16H26FN3O/c1-3-18-12-14(13-21-2)19-8-10-20(11-9-19)16-7-5-4-6-15(16)17/h4-7,14,18H,3,8-13H2,1-2H3. The fraction of sp³-hybridized carbons (Fsp3) is 0.625. The normalized spacial score (nSPS) is 18.0. The largest absolute Gasteiger partial charge is 0.383 e. The van der Waals surface area contributed by atoms with Crippen LogP contribution in [-0.4, -0.2) is 63.9 Å². The van der Waals surface area contributed by atoms with E-state index in [2.05, 4.69) is 22.0 Å². The molecule has 1 aliphatic rings. The molecule has 0 aromatic heterocycles. The Morgan fingerprint density at radius 3 is 2.57 bits per heavy atom. The van der Waals surface area contributed by atoms with Crippen molar-refractivity contribution < 1.29 is 9.13 Å². The predicted octanol–water partition coefficient (Wildman–Crippen LogP) is 1.57. The van der Waals surface area contributed by atoms with E-state index in [4.69, 9.17) is 4.74 Å². The fourth-order valence-corrected chi connectivity index (χ4v) is 2.83. The molecule has 1 atom stereocenters. The summed E-state index contributed by atoms with van der Waals surface area (Å²) in [6.45, 7) is 8.33. The van der Waals surface area contributed by atoms with Gasteiger partial charge in [-0.2, -0.15) is 0 Å². The predicted molar refractivity (Wildman–Crippen MR) is 84.4 cm³/mol. The third-order valence-corrected chi connectivity index (χ3v) is 4.01. The average molecular weight is 295 g/mol. The summed E-state index contributed by atoms with van der Waals surface area (Å²) in [6, 6.07) is 7.40. The van der Waals surface area contributed by atoms with Crippen LogP contribution in [0, 0.1) is 5.82 Å². The Kier molecular flexibility index (Phi) is 6.42. The van der Waals surface area contributed by atoms with Crippen molar-refractivity contribution in [1.82, 2.24) is 10.2 Å². The maximum absolute atomic E-state index is 13.8. The fourth-order valence-electron chi connectivity index (χ4n) is 2.83. The number of para-hydroxylation sites is 1. The summed E-state index contributed by atoms with van der Waals surface area (Å²) in [6.07, 6.45) is 0. The molecule has 0 bridgehead atoms. The summed E-state index contributed by atoms with van der Waals surface area (Å²) in [5, 5.41) is 3.39. The Morgan fingerprint density at radius 2 is 1.95 bits per heavy atom. The van der Waals surface area contributed by atoms with E-state index in [1.807, 2.05) is 12.1 Å². The number of anilines is 1. The Hall–Kier alpha value is -1.17. The first kappa shape index (κ1) is 16.2. The van der Waals surface area contributed by atoms with Gasteiger partial charge in [0.25, 0.3) is 0 Å². The van der Waals surface area contributed by atoms with Gasteiger partial charge < -0.3 is 15.0 Å². The van der Waals surface area contributed by atoms with Crippen molar-refractivity contribution in [3.05, 3.63) is 30.1 Å². The maximum Gasteiger partial charge on any atom is 0.146 e. The van der Waals surface area contributed by atoms with Crippen molar-refractivity contribution in [3.63, 3.8) is 0 Å². The van der Waals surface area contributed by atoms with Crippen molar-refractivity contribution in [2.75, 3.05) is 57.9 Å². The lowest BCUT2D eigenvalue weighted by Crippen LogP contribution is -2.54. The number of halogens is 1. The van der Waals surface area contributed by atoms with Crippen LogP contribution in [0.3, 0.4) is 0 Å². The minimum atomic E-state index is -0.132. The molecule has 1 fully saturated rings.